The van der Waals surface area contributed by atoms with Crippen molar-refractivity contribution < 1.29 is 23.6 Å². The van der Waals surface area contributed by atoms with Crippen LogP contribution in [0.15, 0.2) is 0 Å². The van der Waals surface area contributed by atoms with Gasteiger partial charge < -0.3 is 19.6 Å². The van der Waals surface area contributed by atoms with Crippen LogP contribution in [0.1, 0.15) is 0 Å². The second kappa shape index (κ2) is 5.05. The lowest BCUT2D eigenvalue weighted by molar-refractivity contribution is -0.123. The first-order chi connectivity index (χ1) is 7.06. The zero-order valence-corrected chi connectivity index (χ0v) is 9.49. The van der Waals surface area contributed by atoms with Crippen molar-refractivity contribution in [2.75, 3.05) is 26.9 Å². The van der Waals surface area contributed by atoms with Gasteiger partial charge in [-0.05, 0) is 0 Å². The third kappa shape index (κ3) is 2.76. The minimum atomic E-state index is -3.15. The van der Waals surface area contributed by atoms with Gasteiger partial charge in [-0.2, -0.15) is 5.48 Å². The first-order valence-corrected chi connectivity index (χ1v) is 6.17. The molecule has 3 N–H and O–H groups in total. The number of carbonyl (C=O) groups is 1. The summed E-state index contributed by atoms with van der Waals surface area (Å²) in [5.41, 5.74) is 1.89. The molecule has 0 saturated carbocycles. The Morgan fingerprint density at radius 2 is 2.20 bits per heavy atom. The summed E-state index contributed by atoms with van der Waals surface area (Å²) in [5.74, 6) is -0.630. The predicted molar refractivity (Wildman–Crippen MR) is 51.7 cm³/mol. The van der Waals surface area contributed by atoms with Crippen LogP contribution in [0.2, 0.25) is 0 Å². The predicted octanol–water partition coefficient (Wildman–Crippen LogP) is -0.434. The fourth-order valence-electron chi connectivity index (χ4n) is 1.52. The quantitative estimate of drug-likeness (QED) is 0.444. The van der Waals surface area contributed by atoms with Crippen LogP contribution >= 0.6 is 7.60 Å². The molecular formula is C7H15N2O5P. The van der Waals surface area contributed by atoms with E-state index < -0.39 is 13.6 Å². The number of hydrogen-bond donors (Lipinski definition) is 3. The highest BCUT2D eigenvalue weighted by Gasteiger charge is 2.39. The summed E-state index contributed by atoms with van der Waals surface area (Å²) >= 11 is 0. The molecule has 0 aliphatic carbocycles. The lowest BCUT2D eigenvalue weighted by Crippen LogP contribution is -2.39. The summed E-state index contributed by atoms with van der Waals surface area (Å²) in [6.07, 6.45) is 0.0803. The number of hydroxylamine groups is 1. The number of carbonyl (C=O) groups excluding carboxylic acids is 1. The Hall–Kier alpha value is -0.460. The summed E-state index contributed by atoms with van der Waals surface area (Å²) < 4.78 is 21.3. The Kier molecular flexibility index (Phi) is 4.24. The number of hydrogen-bond acceptors (Lipinski definition) is 6. The van der Waals surface area contributed by atoms with Crippen LogP contribution in [0.3, 0.4) is 0 Å². The Labute approximate surface area is 87.6 Å². The van der Waals surface area contributed by atoms with Gasteiger partial charge in [-0.3, -0.25) is 9.36 Å². The Bertz CT molecular complexity index is 277. The molecule has 8 heteroatoms. The molecule has 7 nitrogen and oxygen atoms in total. The largest absolute Gasteiger partial charge is 0.354 e. The standard InChI is InChI=1S/C7H15N2O5P/c1-13-15(12,14-2)4-5-3-8-7(10)6(5)9-11/h5-6,9,11H,3-4H2,1-2H3,(H,8,10). The normalized spacial score (nSPS) is 26.7. The minimum absolute atomic E-state index is 0.0803. The zero-order chi connectivity index (χ0) is 11.5. The molecule has 15 heavy (non-hydrogen) atoms. The average molecular weight is 238 g/mol. The molecule has 2 unspecified atom stereocenters. The van der Waals surface area contributed by atoms with E-state index >= 15 is 0 Å². The van der Waals surface area contributed by atoms with Gasteiger partial charge in [-0.1, -0.05) is 0 Å². The minimum Gasteiger partial charge on any atom is -0.354 e. The SMILES string of the molecule is COP(=O)(CC1CNC(=O)C1NO)OC. The number of amides is 1. The molecule has 0 aromatic carbocycles. The van der Waals surface area contributed by atoms with E-state index in [1.807, 2.05) is 5.48 Å². The molecule has 2 atom stereocenters. The van der Waals surface area contributed by atoms with E-state index in [9.17, 15) is 9.36 Å². The second-order valence-corrected chi connectivity index (χ2v) is 5.59. The van der Waals surface area contributed by atoms with Gasteiger partial charge >= 0.3 is 7.60 Å². The monoisotopic (exact) mass is 238 g/mol. The van der Waals surface area contributed by atoms with Crippen LogP contribution in [0, 0.1) is 5.92 Å². The van der Waals surface area contributed by atoms with E-state index in [-0.39, 0.29) is 18.0 Å². The lowest BCUT2D eigenvalue weighted by atomic mass is 10.1. The highest BCUT2D eigenvalue weighted by Crippen LogP contribution is 2.48. The average Bonchev–Trinajstić information content (AvgIpc) is 2.59. The summed E-state index contributed by atoms with van der Waals surface area (Å²) in [6, 6.07) is -0.761. The maximum atomic E-state index is 11.8. The number of nitrogens with one attached hydrogen (secondary N) is 2. The molecule has 1 aliphatic heterocycles. The van der Waals surface area contributed by atoms with Crippen molar-refractivity contribution in [3.63, 3.8) is 0 Å². The van der Waals surface area contributed by atoms with Gasteiger partial charge in [-0.25, -0.2) is 0 Å². The van der Waals surface area contributed by atoms with Crippen molar-refractivity contribution in [2.45, 2.75) is 6.04 Å². The molecule has 0 radical (unpaired) electrons. The van der Waals surface area contributed by atoms with Gasteiger partial charge in [0.25, 0.3) is 0 Å². The fraction of sp³-hybridized carbons (Fsp3) is 0.857. The maximum Gasteiger partial charge on any atom is 0.330 e. The van der Waals surface area contributed by atoms with Crippen molar-refractivity contribution in [3.8, 4) is 0 Å². The van der Waals surface area contributed by atoms with E-state index in [4.69, 9.17) is 14.3 Å². The summed E-state index contributed by atoms with van der Waals surface area (Å²) in [6.45, 7) is 0.341. The molecule has 0 spiro atoms. The fourth-order valence-corrected chi connectivity index (χ4v) is 2.88. The Morgan fingerprint density at radius 3 is 2.67 bits per heavy atom. The molecular weight excluding hydrogens is 223 g/mol. The van der Waals surface area contributed by atoms with Crippen LogP contribution in [0.25, 0.3) is 0 Å². The molecule has 1 heterocycles. The van der Waals surface area contributed by atoms with Gasteiger partial charge in [-0.15, -0.1) is 0 Å². The van der Waals surface area contributed by atoms with Gasteiger partial charge in [0.2, 0.25) is 5.91 Å². The first kappa shape index (κ1) is 12.6. The first-order valence-electron chi connectivity index (χ1n) is 4.44. The molecule has 0 aromatic heterocycles. The van der Waals surface area contributed by atoms with Gasteiger partial charge in [0.15, 0.2) is 0 Å². The molecule has 1 aliphatic rings. The topological polar surface area (TPSA) is 96.9 Å². The lowest BCUT2D eigenvalue weighted by Gasteiger charge is -2.19. The maximum absolute atomic E-state index is 11.8. The van der Waals surface area contributed by atoms with Crippen molar-refractivity contribution in [3.05, 3.63) is 0 Å². The Balaban J connectivity index is 2.66. The summed E-state index contributed by atoms with van der Waals surface area (Å²) in [4.78, 5) is 11.2. The highest BCUT2D eigenvalue weighted by atomic mass is 31.2. The second-order valence-electron chi connectivity index (χ2n) is 3.27. The van der Waals surface area contributed by atoms with E-state index in [2.05, 4.69) is 5.32 Å². The molecule has 1 fully saturated rings. The van der Waals surface area contributed by atoms with Crippen LogP contribution in [0.5, 0.6) is 0 Å². The molecule has 1 saturated heterocycles. The third-order valence-corrected chi connectivity index (χ3v) is 4.47. The molecule has 1 amide bonds. The van der Waals surface area contributed by atoms with E-state index in [1.54, 1.807) is 0 Å². The highest BCUT2D eigenvalue weighted by molar-refractivity contribution is 7.53. The summed E-state index contributed by atoms with van der Waals surface area (Å²) in [7, 11) is -0.576. The van der Waals surface area contributed by atoms with E-state index in [1.165, 1.54) is 14.2 Å². The van der Waals surface area contributed by atoms with Crippen LogP contribution in [-0.2, 0) is 18.4 Å². The van der Waals surface area contributed by atoms with Crippen LogP contribution in [0.4, 0.5) is 0 Å². The van der Waals surface area contributed by atoms with Crippen molar-refractivity contribution in [2.24, 2.45) is 5.92 Å². The van der Waals surface area contributed by atoms with Crippen molar-refractivity contribution in [1.82, 2.24) is 10.8 Å². The zero-order valence-electron chi connectivity index (χ0n) is 8.60. The summed E-state index contributed by atoms with van der Waals surface area (Å²) in [5, 5.41) is 11.3. The molecule has 0 bridgehead atoms. The van der Waals surface area contributed by atoms with E-state index in [0.29, 0.717) is 6.54 Å². The van der Waals surface area contributed by atoms with Crippen LogP contribution < -0.4 is 10.8 Å². The smallest absolute Gasteiger partial charge is 0.330 e. The van der Waals surface area contributed by atoms with Gasteiger partial charge in [0, 0.05) is 26.7 Å². The molecule has 0 aromatic rings. The van der Waals surface area contributed by atoms with Gasteiger partial charge in [0.1, 0.15) is 6.04 Å². The number of rotatable bonds is 5. The van der Waals surface area contributed by atoms with E-state index in [0.717, 1.165) is 0 Å². The van der Waals surface area contributed by atoms with Crippen LogP contribution in [-0.4, -0.2) is 44.1 Å². The Morgan fingerprint density at radius 1 is 1.60 bits per heavy atom. The van der Waals surface area contributed by atoms with Gasteiger partial charge in [0.05, 0.1) is 6.16 Å². The third-order valence-electron chi connectivity index (χ3n) is 2.45. The molecule has 88 valence electrons. The molecule has 1 rings (SSSR count). The van der Waals surface area contributed by atoms with Crippen molar-refractivity contribution >= 4 is 13.5 Å². The van der Waals surface area contributed by atoms with Crippen molar-refractivity contribution in [1.29, 1.82) is 0 Å².